The fourth-order valence-corrected chi connectivity index (χ4v) is 1.70. The number of hydrogen-bond acceptors (Lipinski definition) is 3. The Morgan fingerprint density at radius 3 is 2.64 bits per heavy atom. The molecule has 1 rings (SSSR count). The number of carbonyl (C=O) groups is 1. The van der Waals surface area contributed by atoms with Crippen LogP contribution in [0, 0.1) is 5.92 Å². The maximum absolute atomic E-state index is 10.2. The highest BCUT2D eigenvalue weighted by molar-refractivity contribution is 5.66. The molecule has 1 fully saturated rings. The van der Waals surface area contributed by atoms with Crippen molar-refractivity contribution in [3.05, 3.63) is 0 Å². The quantitative estimate of drug-likeness (QED) is 0.528. The average Bonchev–Trinajstić information content (AvgIpc) is 2.07. The van der Waals surface area contributed by atoms with Gasteiger partial charge in [0.15, 0.2) is 0 Å². The van der Waals surface area contributed by atoms with Crippen LogP contribution in [0.15, 0.2) is 0 Å². The van der Waals surface area contributed by atoms with E-state index in [0.717, 1.165) is 38.8 Å². The lowest BCUT2D eigenvalue weighted by Crippen LogP contribution is -2.36. The topological polar surface area (TPSA) is 69.6 Å². The van der Waals surface area contributed by atoms with Gasteiger partial charge in [0.2, 0.25) is 0 Å². The summed E-state index contributed by atoms with van der Waals surface area (Å²) in [5, 5.41) is 20.7. The van der Waals surface area contributed by atoms with E-state index in [2.05, 4.69) is 5.32 Å². The molecule has 82 valence electrons. The summed E-state index contributed by atoms with van der Waals surface area (Å²) in [6.07, 6.45) is 3.69. The van der Waals surface area contributed by atoms with Gasteiger partial charge in [-0.05, 0) is 44.7 Å². The van der Waals surface area contributed by atoms with Crippen LogP contribution in [0.4, 0.5) is 0 Å². The predicted molar refractivity (Wildman–Crippen MR) is 53.1 cm³/mol. The number of carboxylic acid groups (broad SMARTS) is 1. The number of hydrogen-bond donors (Lipinski definition) is 3. The zero-order valence-electron chi connectivity index (χ0n) is 8.41. The van der Waals surface area contributed by atoms with Crippen molar-refractivity contribution in [2.75, 3.05) is 13.1 Å². The number of aliphatic hydroxyl groups excluding tert-OH is 1. The lowest BCUT2D eigenvalue weighted by Gasteiger charge is -2.31. The number of aliphatic carboxylic acids is 1. The van der Waals surface area contributed by atoms with Crippen LogP contribution in [0.1, 0.15) is 32.1 Å². The zero-order chi connectivity index (χ0) is 10.4. The van der Waals surface area contributed by atoms with Crippen molar-refractivity contribution in [3.63, 3.8) is 0 Å². The van der Waals surface area contributed by atoms with E-state index >= 15 is 0 Å². The van der Waals surface area contributed by atoms with Gasteiger partial charge in [-0.15, -0.1) is 0 Å². The highest BCUT2D eigenvalue weighted by Crippen LogP contribution is 2.25. The summed E-state index contributed by atoms with van der Waals surface area (Å²) in [6, 6.07) is 0. The number of carboxylic acids is 1. The van der Waals surface area contributed by atoms with E-state index in [-0.39, 0.29) is 12.5 Å². The van der Waals surface area contributed by atoms with Crippen LogP contribution in [-0.2, 0) is 4.79 Å². The molecule has 4 nitrogen and oxygen atoms in total. The Balaban J connectivity index is 1.78. The Labute approximate surface area is 84.3 Å². The molecule has 1 aliphatic carbocycles. The summed E-state index contributed by atoms with van der Waals surface area (Å²) in [4.78, 5) is 10.2. The second-order valence-electron chi connectivity index (χ2n) is 4.05. The molecule has 0 saturated heterocycles. The van der Waals surface area contributed by atoms with E-state index in [9.17, 15) is 4.79 Å². The summed E-state index contributed by atoms with van der Waals surface area (Å²) in [7, 11) is 0. The van der Waals surface area contributed by atoms with Gasteiger partial charge >= 0.3 is 5.97 Å². The van der Waals surface area contributed by atoms with Crippen LogP contribution >= 0.6 is 0 Å². The van der Waals surface area contributed by atoms with Crippen LogP contribution < -0.4 is 5.32 Å². The molecular weight excluding hydrogens is 182 g/mol. The molecule has 0 radical (unpaired) electrons. The van der Waals surface area contributed by atoms with Crippen molar-refractivity contribution < 1.29 is 15.0 Å². The second-order valence-corrected chi connectivity index (χ2v) is 4.05. The molecule has 1 saturated carbocycles. The van der Waals surface area contributed by atoms with E-state index in [1.165, 1.54) is 0 Å². The van der Waals surface area contributed by atoms with E-state index < -0.39 is 5.97 Å². The van der Waals surface area contributed by atoms with Crippen molar-refractivity contribution in [1.82, 2.24) is 5.32 Å². The molecule has 0 atom stereocenters. The summed E-state index contributed by atoms with van der Waals surface area (Å²) in [6.45, 7) is 1.85. The van der Waals surface area contributed by atoms with Crippen LogP contribution in [0.25, 0.3) is 0 Å². The van der Waals surface area contributed by atoms with Gasteiger partial charge in [0.25, 0.3) is 0 Å². The second kappa shape index (κ2) is 5.98. The van der Waals surface area contributed by atoms with E-state index in [0.29, 0.717) is 5.92 Å². The maximum atomic E-state index is 10.2. The average molecular weight is 201 g/mol. The predicted octanol–water partition coefficient (Wildman–Crippen LogP) is 0.602. The fourth-order valence-electron chi connectivity index (χ4n) is 1.70. The first kappa shape index (κ1) is 11.5. The van der Waals surface area contributed by atoms with E-state index in [4.69, 9.17) is 10.2 Å². The molecule has 0 aromatic rings. The minimum absolute atomic E-state index is 0.0752. The summed E-state index contributed by atoms with van der Waals surface area (Å²) < 4.78 is 0. The number of rotatable bonds is 7. The van der Waals surface area contributed by atoms with Gasteiger partial charge in [-0.25, -0.2) is 0 Å². The summed E-state index contributed by atoms with van der Waals surface area (Å²) in [5.41, 5.74) is 0. The third kappa shape index (κ3) is 4.58. The zero-order valence-corrected chi connectivity index (χ0v) is 8.41. The first-order valence-corrected chi connectivity index (χ1v) is 5.29. The molecule has 0 aliphatic heterocycles. The summed E-state index contributed by atoms with van der Waals surface area (Å²) in [5.74, 6) is -0.0865. The van der Waals surface area contributed by atoms with Crippen LogP contribution in [0.5, 0.6) is 0 Å². The van der Waals surface area contributed by atoms with Crippen molar-refractivity contribution in [3.8, 4) is 0 Å². The number of unbranched alkanes of at least 4 members (excludes halogenated alkanes) is 1. The first-order chi connectivity index (χ1) is 6.68. The highest BCUT2D eigenvalue weighted by Gasteiger charge is 2.26. The molecule has 4 heteroatoms. The molecule has 0 amide bonds. The first-order valence-electron chi connectivity index (χ1n) is 5.29. The Morgan fingerprint density at radius 2 is 2.07 bits per heavy atom. The molecule has 0 unspecified atom stereocenters. The van der Waals surface area contributed by atoms with Gasteiger partial charge in [0, 0.05) is 6.42 Å². The molecule has 0 spiro atoms. The summed E-state index contributed by atoms with van der Waals surface area (Å²) >= 11 is 0. The fraction of sp³-hybridized carbons (Fsp3) is 0.900. The van der Waals surface area contributed by atoms with Crippen LogP contribution in [-0.4, -0.2) is 35.4 Å². The van der Waals surface area contributed by atoms with Gasteiger partial charge in [-0.2, -0.15) is 0 Å². The SMILES string of the molecule is O=C(O)CCCCNCC1CC(O)C1. The van der Waals surface area contributed by atoms with Crippen molar-refractivity contribution in [1.29, 1.82) is 0 Å². The third-order valence-electron chi connectivity index (χ3n) is 2.64. The van der Waals surface area contributed by atoms with Crippen molar-refractivity contribution >= 4 is 5.97 Å². The minimum Gasteiger partial charge on any atom is -0.481 e. The third-order valence-corrected chi connectivity index (χ3v) is 2.64. The standard InChI is InChI=1S/C10H19NO3/c12-9-5-8(6-9)7-11-4-2-1-3-10(13)14/h8-9,11-12H,1-7H2,(H,13,14). The van der Waals surface area contributed by atoms with Crippen molar-refractivity contribution in [2.45, 2.75) is 38.2 Å². The number of aliphatic hydroxyl groups is 1. The lowest BCUT2D eigenvalue weighted by molar-refractivity contribution is -0.137. The Hall–Kier alpha value is -0.610. The molecule has 0 aromatic heterocycles. The van der Waals surface area contributed by atoms with E-state index in [1.807, 2.05) is 0 Å². The van der Waals surface area contributed by atoms with Crippen LogP contribution in [0.2, 0.25) is 0 Å². The molecule has 1 aliphatic rings. The molecule has 3 N–H and O–H groups in total. The molecule has 0 aromatic carbocycles. The lowest BCUT2D eigenvalue weighted by atomic mass is 9.82. The molecule has 0 heterocycles. The molecular formula is C10H19NO3. The van der Waals surface area contributed by atoms with Gasteiger partial charge < -0.3 is 15.5 Å². The smallest absolute Gasteiger partial charge is 0.303 e. The van der Waals surface area contributed by atoms with Crippen molar-refractivity contribution in [2.24, 2.45) is 5.92 Å². The normalized spacial score (nSPS) is 25.8. The maximum Gasteiger partial charge on any atom is 0.303 e. The Kier molecular flexibility index (Phi) is 4.90. The molecule has 0 bridgehead atoms. The van der Waals surface area contributed by atoms with E-state index in [1.54, 1.807) is 0 Å². The molecule has 14 heavy (non-hydrogen) atoms. The van der Waals surface area contributed by atoms with Gasteiger partial charge in [0.1, 0.15) is 0 Å². The van der Waals surface area contributed by atoms with Gasteiger partial charge in [0.05, 0.1) is 6.10 Å². The van der Waals surface area contributed by atoms with Gasteiger partial charge in [-0.3, -0.25) is 4.79 Å². The minimum atomic E-state index is -0.716. The highest BCUT2D eigenvalue weighted by atomic mass is 16.4. The Bertz CT molecular complexity index is 178. The van der Waals surface area contributed by atoms with Gasteiger partial charge in [-0.1, -0.05) is 0 Å². The van der Waals surface area contributed by atoms with Crippen LogP contribution in [0.3, 0.4) is 0 Å². The number of nitrogens with one attached hydrogen (secondary N) is 1. The monoisotopic (exact) mass is 201 g/mol. The Morgan fingerprint density at radius 1 is 1.36 bits per heavy atom. The largest absolute Gasteiger partial charge is 0.481 e.